The number of amides is 2. The van der Waals surface area contributed by atoms with E-state index < -0.39 is 0 Å². The topological polar surface area (TPSA) is 57.7 Å². The standard InChI is InChI=1S/C28H28N2O3/c1-21-7-9-24(10-8-21)26(31)15-16-27(32)29-17-19-30(20-18-29)28(33)25-13-11-23(12-14-25)22-5-3-2-4-6-22/h2-14H,15-20H2,1H3. The van der Waals surface area contributed by atoms with Crippen molar-refractivity contribution in [2.24, 2.45) is 0 Å². The van der Waals surface area contributed by atoms with E-state index in [0.717, 1.165) is 16.7 Å². The zero-order valence-corrected chi connectivity index (χ0v) is 18.9. The molecule has 0 bridgehead atoms. The fourth-order valence-electron chi connectivity index (χ4n) is 4.04. The highest BCUT2D eigenvalue weighted by atomic mass is 16.2. The Labute approximate surface area is 194 Å². The number of benzene rings is 3. The van der Waals surface area contributed by atoms with Crippen molar-refractivity contribution < 1.29 is 14.4 Å². The first kappa shape index (κ1) is 22.5. The number of hydrogen-bond donors (Lipinski definition) is 0. The van der Waals surface area contributed by atoms with Gasteiger partial charge in [-0.05, 0) is 30.2 Å². The van der Waals surface area contributed by atoms with E-state index >= 15 is 0 Å². The van der Waals surface area contributed by atoms with Gasteiger partial charge < -0.3 is 9.80 Å². The highest BCUT2D eigenvalue weighted by molar-refractivity contribution is 5.98. The van der Waals surface area contributed by atoms with Gasteiger partial charge in [0, 0.05) is 50.1 Å². The minimum atomic E-state index is -0.0326. The summed E-state index contributed by atoms with van der Waals surface area (Å²) in [7, 11) is 0. The molecular weight excluding hydrogens is 412 g/mol. The van der Waals surface area contributed by atoms with Crippen LogP contribution in [0.15, 0.2) is 78.9 Å². The van der Waals surface area contributed by atoms with Crippen LogP contribution in [0.4, 0.5) is 0 Å². The molecule has 5 heteroatoms. The van der Waals surface area contributed by atoms with Crippen LogP contribution in [0, 0.1) is 6.92 Å². The Morgan fingerprint density at radius 2 is 1.18 bits per heavy atom. The van der Waals surface area contributed by atoms with E-state index in [1.54, 1.807) is 21.9 Å². The summed E-state index contributed by atoms with van der Waals surface area (Å²) in [6, 6.07) is 25.1. The SMILES string of the molecule is Cc1ccc(C(=O)CCC(=O)N2CCN(C(=O)c3ccc(-c4ccccc4)cc3)CC2)cc1. The number of carbonyl (C=O) groups excluding carboxylic acids is 3. The minimum Gasteiger partial charge on any atom is -0.339 e. The smallest absolute Gasteiger partial charge is 0.253 e. The number of aryl methyl sites for hydroxylation is 1. The Kier molecular flexibility index (Phi) is 6.98. The van der Waals surface area contributed by atoms with Crippen molar-refractivity contribution in [3.63, 3.8) is 0 Å². The summed E-state index contributed by atoms with van der Waals surface area (Å²) in [4.78, 5) is 41.4. The molecule has 0 radical (unpaired) electrons. The lowest BCUT2D eigenvalue weighted by Gasteiger charge is -2.35. The molecule has 5 nitrogen and oxygen atoms in total. The van der Waals surface area contributed by atoms with Gasteiger partial charge in [0.1, 0.15) is 0 Å². The Morgan fingerprint density at radius 1 is 0.636 bits per heavy atom. The quantitative estimate of drug-likeness (QED) is 0.526. The second-order valence-corrected chi connectivity index (χ2v) is 8.41. The molecule has 0 unspecified atom stereocenters. The summed E-state index contributed by atoms with van der Waals surface area (Å²) in [5, 5.41) is 0. The van der Waals surface area contributed by atoms with E-state index in [1.807, 2.05) is 73.7 Å². The maximum atomic E-state index is 12.9. The number of carbonyl (C=O) groups is 3. The van der Waals surface area contributed by atoms with E-state index in [-0.39, 0.29) is 30.4 Å². The van der Waals surface area contributed by atoms with E-state index in [4.69, 9.17) is 0 Å². The molecule has 1 aliphatic rings. The highest BCUT2D eigenvalue weighted by Gasteiger charge is 2.25. The molecule has 168 valence electrons. The first-order chi connectivity index (χ1) is 16.0. The van der Waals surface area contributed by atoms with Gasteiger partial charge in [-0.2, -0.15) is 0 Å². The normalized spacial score (nSPS) is 13.6. The van der Waals surface area contributed by atoms with Gasteiger partial charge in [0.15, 0.2) is 5.78 Å². The van der Waals surface area contributed by atoms with E-state index in [2.05, 4.69) is 0 Å². The number of piperazine rings is 1. The van der Waals surface area contributed by atoms with Crippen molar-refractivity contribution in [2.45, 2.75) is 19.8 Å². The molecule has 1 fully saturated rings. The number of hydrogen-bond acceptors (Lipinski definition) is 3. The minimum absolute atomic E-state index is 0.0174. The van der Waals surface area contributed by atoms with Gasteiger partial charge >= 0.3 is 0 Å². The fourth-order valence-corrected chi connectivity index (χ4v) is 4.04. The van der Waals surface area contributed by atoms with Crippen LogP contribution in [0.3, 0.4) is 0 Å². The molecule has 0 aromatic heterocycles. The van der Waals surface area contributed by atoms with E-state index in [0.29, 0.717) is 37.3 Å². The van der Waals surface area contributed by atoms with Gasteiger partial charge in [0.05, 0.1) is 0 Å². The predicted octanol–water partition coefficient (Wildman–Crippen LogP) is 4.61. The third-order valence-corrected chi connectivity index (χ3v) is 6.10. The Balaban J connectivity index is 1.26. The largest absolute Gasteiger partial charge is 0.339 e. The molecule has 0 saturated carbocycles. The van der Waals surface area contributed by atoms with Gasteiger partial charge in [0.25, 0.3) is 5.91 Å². The molecule has 0 atom stereocenters. The second-order valence-electron chi connectivity index (χ2n) is 8.41. The van der Waals surface area contributed by atoms with Crippen molar-refractivity contribution >= 4 is 17.6 Å². The van der Waals surface area contributed by atoms with Gasteiger partial charge in [-0.3, -0.25) is 14.4 Å². The first-order valence-corrected chi connectivity index (χ1v) is 11.3. The Bertz CT molecular complexity index is 1110. The molecule has 3 aromatic carbocycles. The monoisotopic (exact) mass is 440 g/mol. The van der Waals surface area contributed by atoms with Crippen LogP contribution >= 0.6 is 0 Å². The van der Waals surface area contributed by atoms with Crippen molar-refractivity contribution in [3.05, 3.63) is 95.6 Å². The van der Waals surface area contributed by atoms with Gasteiger partial charge in [-0.25, -0.2) is 0 Å². The summed E-state index contributed by atoms with van der Waals surface area (Å²) >= 11 is 0. The number of ketones is 1. The van der Waals surface area contributed by atoms with Crippen molar-refractivity contribution in [1.29, 1.82) is 0 Å². The molecule has 1 aliphatic heterocycles. The molecule has 1 saturated heterocycles. The van der Waals surface area contributed by atoms with Crippen LogP contribution in [0.25, 0.3) is 11.1 Å². The maximum absolute atomic E-state index is 12.9. The lowest BCUT2D eigenvalue weighted by molar-refractivity contribution is -0.132. The molecule has 0 aliphatic carbocycles. The fraction of sp³-hybridized carbons (Fsp3) is 0.250. The van der Waals surface area contributed by atoms with Crippen molar-refractivity contribution in [1.82, 2.24) is 9.80 Å². The van der Waals surface area contributed by atoms with Crippen LogP contribution < -0.4 is 0 Å². The summed E-state index contributed by atoms with van der Waals surface area (Å²) < 4.78 is 0. The van der Waals surface area contributed by atoms with E-state index in [1.165, 1.54) is 0 Å². The number of rotatable bonds is 6. The Hall–Kier alpha value is -3.73. The van der Waals surface area contributed by atoms with Gasteiger partial charge in [0.2, 0.25) is 5.91 Å². The molecule has 33 heavy (non-hydrogen) atoms. The average Bonchev–Trinajstić information content (AvgIpc) is 2.88. The highest BCUT2D eigenvalue weighted by Crippen LogP contribution is 2.20. The molecule has 3 aromatic rings. The Morgan fingerprint density at radius 3 is 1.82 bits per heavy atom. The van der Waals surface area contributed by atoms with Crippen LogP contribution in [-0.4, -0.2) is 53.6 Å². The predicted molar refractivity (Wildman–Crippen MR) is 129 cm³/mol. The van der Waals surface area contributed by atoms with Crippen LogP contribution in [-0.2, 0) is 4.79 Å². The van der Waals surface area contributed by atoms with Gasteiger partial charge in [-0.1, -0.05) is 72.3 Å². The van der Waals surface area contributed by atoms with Crippen LogP contribution in [0.2, 0.25) is 0 Å². The molecule has 2 amide bonds. The first-order valence-electron chi connectivity index (χ1n) is 11.3. The van der Waals surface area contributed by atoms with Crippen molar-refractivity contribution in [3.8, 4) is 11.1 Å². The van der Waals surface area contributed by atoms with Gasteiger partial charge in [-0.15, -0.1) is 0 Å². The molecule has 0 spiro atoms. The lowest BCUT2D eigenvalue weighted by atomic mass is 10.0. The maximum Gasteiger partial charge on any atom is 0.253 e. The zero-order chi connectivity index (χ0) is 23.2. The third-order valence-electron chi connectivity index (χ3n) is 6.10. The summed E-state index contributed by atoms with van der Waals surface area (Å²) in [5.41, 5.74) is 4.58. The van der Waals surface area contributed by atoms with Crippen molar-refractivity contribution in [2.75, 3.05) is 26.2 Å². The summed E-state index contributed by atoms with van der Waals surface area (Å²) in [6.45, 7) is 3.95. The summed E-state index contributed by atoms with van der Waals surface area (Å²) in [5.74, 6) is -0.0675. The average molecular weight is 441 g/mol. The number of nitrogens with zero attached hydrogens (tertiary/aromatic N) is 2. The summed E-state index contributed by atoms with van der Waals surface area (Å²) in [6.07, 6.45) is 0.399. The molecular formula is C28H28N2O3. The zero-order valence-electron chi connectivity index (χ0n) is 18.9. The lowest BCUT2D eigenvalue weighted by Crippen LogP contribution is -2.50. The molecule has 1 heterocycles. The van der Waals surface area contributed by atoms with Crippen LogP contribution in [0.1, 0.15) is 39.1 Å². The van der Waals surface area contributed by atoms with Crippen LogP contribution in [0.5, 0.6) is 0 Å². The number of Topliss-reactive ketones (excluding diaryl/α,β-unsaturated/α-hetero) is 1. The molecule has 0 N–H and O–H groups in total. The third kappa shape index (κ3) is 5.55. The van der Waals surface area contributed by atoms with E-state index in [9.17, 15) is 14.4 Å². The molecule has 4 rings (SSSR count). The second kappa shape index (κ2) is 10.3.